The summed E-state index contributed by atoms with van der Waals surface area (Å²) in [7, 11) is 0. The van der Waals surface area contributed by atoms with Crippen LogP contribution >= 0.6 is 0 Å². The van der Waals surface area contributed by atoms with Gasteiger partial charge in [-0.3, -0.25) is 9.97 Å². The quantitative estimate of drug-likeness (QED) is 0.275. The molecule has 2 heterocycles. The maximum atomic E-state index is 9.34. The summed E-state index contributed by atoms with van der Waals surface area (Å²) in [6.45, 7) is 0. The Morgan fingerprint density at radius 1 is 0.444 bits per heavy atom. The SMILES string of the molecule is N#Cc1cncc(-c2ccc(-c3ccc(-c4cncc(C#N)c4)c4ccccc34)c3ccccc23)c1. The van der Waals surface area contributed by atoms with Gasteiger partial charge in [0.05, 0.1) is 11.1 Å². The Morgan fingerprint density at radius 2 is 0.806 bits per heavy atom. The van der Waals surface area contributed by atoms with Crippen LogP contribution in [0.5, 0.6) is 0 Å². The highest BCUT2D eigenvalue weighted by atomic mass is 14.6. The second kappa shape index (κ2) is 8.80. The Bertz CT molecular complexity index is 1730. The number of pyridine rings is 2. The van der Waals surface area contributed by atoms with Crippen LogP contribution in [-0.4, -0.2) is 9.97 Å². The summed E-state index contributed by atoms with van der Waals surface area (Å²) in [5.74, 6) is 0. The fourth-order valence-corrected chi connectivity index (χ4v) is 4.87. The topological polar surface area (TPSA) is 73.4 Å². The van der Waals surface area contributed by atoms with Crippen LogP contribution in [0.3, 0.4) is 0 Å². The summed E-state index contributed by atoms with van der Waals surface area (Å²) in [6, 6.07) is 33.3. The monoisotopic (exact) mass is 458 g/mol. The van der Waals surface area contributed by atoms with Crippen molar-refractivity contribution < 1.29 is 0 Å². The second-order valence-corrected chi connectivity index (χ2v) is 8.56. The lowest BCUT2D eigenvalue weighted by atomic mass is 9.88. The zero-order valence-corrected chi connectivity index (χ0v) is 19.2. The largest absolute Gasteiger partial charge is 0.263 e. The van der Waals surface area contributed by atoms with Crippen molar-refractivity contribution in [1.82, 2.24) is 9.97 Å². The molecule has 4 nitrogen and oxygen atoms in total. The fraction of sp³-hybridized carbons (Fsp3) is 0. The summed E-state index contributed by atoms with van der Waals surface area (Å²) in [4.78, 5) is 8.53. The van der Waals surface area contributed by atoms with E-state index in [1.165, 1.54) is 0 Å². The molecule has 4 aromatic carbocycles. The predicted molar refractivity (Wildman–Crippen MR) is 143 cm³/mol. The van der Waals surface area contributed by atoms with Crippen molar-refractivity contribution in [3.8, 4) is 45.5 Å². The van der Waals surface area contributed by atoms with E-state index in [2.05, 4.69) is 82.8 Å². The summed E-state index contributed by atoms with van der Waals surface area (Å²) in [5, 5.41) is 23.1. The third kappa shape index (κ3) is 3.55. The molecule has 0 spiro atoms. The number of hydrogen-bond acceptors (Lipinski definition) is 4. The molecule has 0 amide bonds. The highest BCUT2D eigenvalue weighted by molar-refractivity contribution is 6.12. The summed E-state index contributed by atoms with van der Waals surface area (Å²) in [5.41, 5.74) is 7.26. The van der Waals surface area contributed by atoms with Crippen molar-refractivity contribution in [1.29, 1.82) is 10.5 Å². The lowest BCUT2D eigenvalue weighted by Crippen LogP contribution is -1.90. The first kappa shape index (κ1) is 21.2. The number of hydrogen-bond donors (Lipinski definition) is 0. The minimum atomic E-state index is 0.539. The number of aromatic nitrogens is 2. The van der Waals surface area contributed by atoms with E-state index in [1.807, 2.05) is 24.3 Å². The molecule has 0 saturated heterocycles. The number of nitriles is 2. The van der Waals surface area contributed by atoms with Crippen molar-refractivity contribution >= 4 is 21.5 Å². The second-order valence-electron chi connectivity index (χ2n) is 8.56. The number of benzene rings is 4. The lowest BCUT2D eigenvalue weighted by Gasteiger charge is -2.16. The predicted octanol–water partition coefficient (Wildman–Crippen LogP) is 7.53. The van der Waals surface area contributed by atoms with E-state index in [4.69, 9.17) is 0 Å². The standard InChI is InChI=1S/C32H18N4/c33-15-21-13-23(19-35-17-21)25-9-11-31(29-7-3-1-5-27(25)29)32-12-10-26(28-6-2-4-8-30(28)32)24-14-22(16-34)18-36-20-24/h1-14,17-20H. The van der Waals surface area contributed by atoms with E-state index in [0.29, 0.717) is 11.1 Å². The first-order chi connectivity index (χ1) is 17.8. The molecule has 0 unspecified atom stereocenters. The van der Waals surface area contributed by atoms with Crippen molar-refractivity contribution in [2.75, 3.05) is 0 Å². The van der Waals surface area contributed by atoms with Crippen LogP contribution < -0.4 is 0 Å². The fourth-order valence-electron chi connectivity index (χ4n) is 4.87. The smallest absolute Gasteiger partial charge is 0.101 e. The van der Waals surface area contributed by atoms with Gasteiger partial charge in [-0.15, -0.1) is 0 Å². The van der Waals surface area contributed by atoms with Gasteiger partial charge in [0.1, 0.15) is 12.1 Å². The zero-order valence-electron chi connectivity index (χ0n) is 19.2. The van der Waals surface area contributed by atoms with Gasteiger partial charge in [-0.1, -0.05) is 72.8 Å². The van der Waals surface area contributed by atoms with Gasteiger partial charge in [-0.25, -0.2) is 0 Å². The van der Waals surface area contributed by atoms with Crippen molar-refractivity contribution in [2.24, 2.45) is 0 Å². The minimum absolute atomic E-state index is 0.539. The molecule has 0 aliphatic rings. The third-order valence-corrected chi connectivity index (χ3v) is 6.50. The molecule has 166 valence electrons. The van der Waals surface area contributed by atoms with Crippen LogP contribution in [0.25, 0.3) is 54.9 Å². The molecule has 6 rings (SSSR count). The van der Waals surface area contributed by atoms with Crippen LogP contribution in [0.2, 0.25) is 0 Å². The number of rotatable bonds is 3. The third-order valence-electron chi connectivity index (χ3n) is 6.50. The van der Waals surface area contributed by atoms with Gasteiger partial charge >= 0.3 is 0 Å². The molecule has 0 N–H and O–H groups in total. The van der Waals surface area contributed by atoms with Gasteiger partial charge in [-0.2, -0.15) is 10.5 Å². The molecule has 6 aromatic rings. The first-order valence-electron chi connectivity index (χ1n) is 11.5. The number of fused-ring (bicyclic) bond motifs is 2. The van der Waals surface area contributed by atoms with Gasteiger partial charge < -0.3 is 0 Å². The Kier molecular flexibility index (Phi) is 5.19. The first-order valence-corrected chi connectivity index (χ1v) is 11.5. The van der Waals surface area contributed by atoms with Crippen molar-refractivity contribution in [3.05, 3.63) is 121 Å². The van der Waals surface area contributed by atoms with Gasteiger partial charge in [0, 0.05) is 35.9 Å². The average Bonchev–Trinajstić information content (AvgIpc) is 2.96. The van der Waals surface area contributed by atoms with Gasteiger partial charge in [0.15, 0.2) is 0 Å². The van der Waals surface area contributed by atoms with E-state index >= 15 is 0 Å². The number of nitrogens with zero attached hydrogens (tertiary/aromatic N) is 4. The normalized spacial score (nSPS) is 10.7. The Labute approximate surface area is 208 Å². The Morgan fingerprint density at radius 3 is 1.19 bits per heavy atom. The highest BCUT2D eigenvalue weighted by Crippen LogP contribution is 2.40. The van der Waals surface area contributed by atoms with E-state index < -0.39 is 0 Å². The highest BCUT2D eigenvalue weighted by Gasteiger charge is 2.14. The summed E-state index contributed by atoms with van der Waals surface area (Å²) in [6.07, 6.45) is 6.76. The Balaban J connectivity index is 1.59. The van der Waals surface area contributed by atoms with Crippen LogP contribution in [0, 0.1) is 22.7 Å². The summed E-state index contributed by atoms with van der Waals surface area (Å²) < 4.78 is 0. The van der Waals surface area contributed by atoms with Crippen LogP contribution in [-0.2, 0) is 0 Å². The van der Waals surface area contributed by atoms with Crippen LogP contribution in [0.4, 0.5) is 0 Å². The Hall–Kier alpha value is -5.32. The van der Waals surface area contributed by atoms with E-state index in [1.54, 1.807) is 24.8 Å². The molecule has 0 aliphatic carbocycles. The van der Waals surface area contributed by atoms with Gasteiger partial charge in [0.25, 0.3) is 0 Å². The molecule has 0 saturated carbocycles. The molecule has 36 heavy (non-hydrogen) atoms. The van der Waals surface area contributed by atoms with Crippen LogP contribution in [0.15, 0.2) is 110 Å². The maximum absolute atomic E-state index is 9.34. The lowest BCUT2D eigenvalue weighted by molar-refractivity contribution is 1.30. The van der Waals surface area contributed by atoms with Crippen molar-refractivity contribution in [2.45, 2.75) is 0 Å². The molecule has 0 radical (unpaired) electrons. The average molecular weight is 459 g/mol. The van der Waals surface area contributed by atoms with E-state index in [-0.39, 0.29) is 0 Å². The van der Waals surface area contributed by atoms with E-state index in [9.17, 15) is 10.5 Å². The molecule has 2 aromatic heterocycles. The molecule has 0 aliphatic heterocycles. The molecule has 0 fully saturated rings. The molecular formula is C32H18N4. The van der Waals surface area contributed by atoms with Gasteiger partial charge in [0.2, 0.25) is 0 Å². The van der Waals surface area contributed by atoms with E-state index in [0.717, 1.165) is 54.9 Å². The maximum Gasteiger partial charge on any atom is 0.101 e. The van der Waals surface area contributed by atoms with Crippen molar-refractivity contribution in [3.63, 3.8) is 0 Å². The molecule has 4 heteroatoms. The zero-order chi connectivity index (χ0) is 24.5. The molecular weight excluding hydrogens is 440 g/mol. The minimum Gasteiger partial charge on any atom is -0.263 e. The summed E-state index contributed by atoms with van der Waals surface area (Å²) >= 11 is 0. The molecule has 0 atom stereocenters. The van der Waals surface area contributed by atoms with Crippen LogP contribution in [0.1, 0.15) is 11.1 Å². The molecule has 0 bridgehead atoms. The van der Waals surface area contributed by atoms with Gasteiger partial charge in [-0.05, 0) is 55.9 Å².